The van der Waals surface area contributed by atoms with Crippen LogP contribution in [0.5, 0.6) is 0 Å². The zero-order valence-corrected chi connectivity index (χ0v) is 46.3. The topological polar surface area (TPSA) is 78.9 Å². The molecule has 0 saturated carbocycles. The van der Waals surface area contributed by atoms with Gasteiger partial charge < -0.3 is 14.2 Å². The fourth-order valence-corrected chi connectivity index (χ4v) is 6.91. The van der Waals surface area contributed by atoms with Crippen LogP contribution in [0.15, 0.2) is 170 Å². The minimum Gasteiger partial charge on any atom is -0.462 e. The van der Waals surface area contributed by atoms with E-state index in [0.29, 0.717) is 19.3 Å². The Kier molecular flexibility index (Phi) is 55.1. The number of allylic oxidation sites excluding steroid dienone is 28. The van der Waals surface area contributed by atoms with Gasteiger partial charge in [0.25, 0.3) is 0 Å². The number of unbranched alkanes of at least 4 members (excludes halogenated alkanes) is 10. The second kappa shape index (κ2) is 59.3. The summed E-state index contributed by atoms with van der Waals surface area (Å²) in [5.74, 6) is -1.13. The Bertz CT molecular complexity index is 1720. The van der Waals surface area contributed by atoms with Crippen molar-refractivity contribution in [2.45, 2.75) is 219 Å². The Morgan fingerprint density at radius 3 is 0.932 bits per heavy atom. The van der Waals surface area contributed by atoms with Crippen LogP contribution in [0.1, 0.15) is 213 Å². The molecule has 0 aromatic heterocycles. The van der Waals surface area contributed by atoms with Crippen LogP contribution in [0.2, 0.25) is 0 Å². The average Bonchev–Trinajstić information content (AvgIpc) is 3.39. The molecule has 6 nitrogen and oxygen atoms in total. The van der Waals surface area contributed by atoms with Crippen LogP contribution in [-0.4, -0.2) is 37.2 Å². The average molecular weight is 1000 g/mol. The smallest absolute Gasteiger partial charge is 0.306 e. The van der Waals surface area contributed by atoms with Crippen molar-refractivity contribution >= 4 is 17.9 Å². The predicted molar refractivity (Wildman–Crippen MR) is 315 cm³/mol. The molecule has 6 heteroatoms. The van der Waals surface area contributed by atoms with E-state index in [0.717, 1.165) is 103 Å². The minimum absolute atomic E-state index is 0.152. The molecule has 0 N–H and O–H groups in total. The second-order valence-corrected chi connectivity index (χ2v) is 18.1. The van der Waals surface area contributed by atoms with E-state index >= 15 is 0 Å². The summed E-state index contributed by atoms with van der Waals surface area (Å²) in [5.41, 5.74) is 0. The lowest BCUT2D eigenvalue weighted by Gasteiger charge is -2.18. The molecule has 0 aromatic carbocycles. The molecule has 406 valence electrons. The molecule has 73 heavy (non-hydrogen) atoms. The van der Waals surface area contributed by atoms with E-state index in [-0.39, 0.29) is 50.4 Å². The molecule has 0 saturated heterocycles. The van der Waals surface area contributed by atoms with Crippen LogP contribution in [-0.2, 0) is 28.6 Å². The zero-order chi connectivity index (χ0) is 52.9. The summed E-state index contributed by atoms with van der Waals surface area (Å²) in [6.45, 7) is 6.30. The Labute approximate surface area is 447 Å². The molecule has 0 aliphatic heterocycles. The third kappa shape index (κ3) is 57.5. The largest absolute Gasteiger partial charge is 0.462 e. The lowest BCUT2D eigenvalue weighted by Crippen LogP contribution is -2.30. The molecule has 0 spiro atoms. The Morgan fingerprint density at radius 2 is 0.575 bits per heavy atom. The normalized spacial score (nSPS) is 13.4. The van der Waals surface area contributed by atoms with E-state index in [1.807, 2.05) is 12.2 Å². The van der Waals surface area contributed by atoms with Gasteiger partial charge in [-0.2, -0.15) is 0 Å². The summed E-state index contributed by atoms with van der Waals surface area (Å²) >= 11 is 0. The lowest BCUT2D eigenvalue weighted by atomic mass is 10.1. The summed E-state index contributed by atoms with van der Waals surface area (Å²) in [4.78, 5) is 38.1. The summed E-state index contributed by atoms with van der Waals surface area (Å²) in [5, 5.41) is 0. The first-order valence-corrected chi connectivity index (χ1v) is 28.6. The highest BCUT2D eigenvalue weighted by Gasteiger charge is 2.19. The van der Waals surface area contributed by atoms with Gasteiger partial charge in [-0.05, 0) is 141 Å². The maximum atomic E-state index is 12.9. The van der Waals surface area contributed by atoms with Crippen molar-refractivity contribution in [1.82, 2.24) is 0 Å². The van der Waals surface area contributed by atoms with Crippen molar-refractivity contribution in [3.05, 3.63) is 170 Å². The Morgan fingerprint density at radius 1 is 0.288 bits per heavy atom. The van der Waals surface area contributed by atoms with Crippen molar-refractivity contribution in [3.8, 4) is 0 Å². The van der Waals surface area contributed by atoms with Crippen molar-refractivity contribution in [1.29, 1.82) is 0 Å². The van der Waals surface area contributed by atoms with Crippen LogP contribution in [0, 0.1) is 0 Å². The molecular weight excluding hydrogens is 901 g/mol. The molecule has 0 heterocycles. The van der Waals surface area contributed by atoms with Gasteiger partial charge >= 0.3 is 17.9 Å². The fourth-order valence-electron chi connectivity index (χ4n) is 6.91. The highest BCUT2D eigenvalue weighted by molar-refractivity contribution is 5.71. The molecular formula is C67H102O6. The number of ether oxygens (including phenoxy) is 3. The summed E-state index contributed by atoms with van der Waals surface area (Å²) in [6, 6.07) is 0. The minimum atomic E-state index is -0.858. The molecule has 1 atom stereocenters. The van der Waals surface area contributed by atoms with Gasteiger partial charge in [-0.3, -0.25) is 14.4 Å². The molecule has 0 bridgehead atoms. The molecule has 0 aliphatic rings. The quantitative estimate of drug-likeness (QED) is 0.0261. The summed E-state index contributed by atoms with van der Waals surface area (Å²) in [6.07, 6.45) is 87.8. The molecule has 0 aromatic rings. The van der Waals surface area contributed by atoms with E-state index in [9.17, 15) is 14.4 Å². The third-order valence-electron chi connectivity index (χ3n) is 11.2. The van der Waals surface area contributed by atoms with Crippen LogP contribution < -0.4 is 0 Å². The van der Waals surface area contributed by atoms with Gasteiger partial charge in [0, 0.05) is 19.3 Å². The van der Waals surface area contributed by atoms with Crippen LogP contribution in [0.3, 0.4) is 0 Å². The summed E-state index contributed by atoms with van der Waals surface area (Å²) < 4.78 is 16.7. The van der Waals surface area contributed by atoms with Crippen LogP contribution in [0.4, 0.5) is 0 Å². The number of hydrogen-bond acceptors (Lipinski definition) is 6. The van der Waals surface area contributed by atoms with Gasteiger partial charge in [-0.1, -0.05) is 223 Å². The maximum absolute atomic E-state index is 12.9. The van der Waals surface area contributed by atoms with Crippen molar-refractivity contribution in [2.75, 3.05) is 13.2 Å². The number of carbonyl (C=O) groups is 3. The van der Waals surface area contributed by atoms with E-state index in [1.165, 1.54) is 51.4 Å². The molecule has 0 aliphatic carbocycles. The van der Waals surface area contributed by atoms with Gasteiger partial charge in [0.1, 0.15) is 13.2 Å². The Balaban J connectivity index is 4.69. The van der Waals surface area contributed by atoms with Gasteiger partial charge in [0.15, 0.2) is 6.10 Å². The zero-order valence-electron chi connectivity index (χ0n) is 46.3. The molecule has 0 radical (unpaired) electrons. The fraction of sp³-hybridized carbons (Fsp3) is 0.537. The standard InChI is InChI=1S/C67H102O6/c1-4-7-10-13-16-19-22-25-28-31-33-36-39-42-45-48-51-54-57-60-66(69)72-63-64(62-71-65(68)59-56-53-50-47-44-41-38-35-30-27-24-21-18-15-12-9-6-3)73-67(70)61-58-55-52-49-46-43-40-37-34-32-29-26-23-20-17-14-11-8-5-2/h9,12,16-21,25-30,33-34,36-38,41-43,45-47,50-51,54,64H,4-8,10-11,13-15,22-24,31-32,35,39-40,44,48-49,52-53,55-63H2,1-3H3/b12-9-,19-16-,20-17-,21-18-,28-25-,29-26-,30-27-,36-33-,37-34-,41-38-,45-42-,46-43-,50-47-,54-51-/t64-/m1/s1. The molecule has 0 fully saturated rings. The number of rotatable bonds is 49. The first kappa shape index (κ1) is 67.8. The first-order chi connectivity index (χ1) is 36.0. The van der Waals surface area contributed by atoms with E-state index in [1.54, 1.807) is 0 Å². The van der Waals surface area contributed by atoms with E-state index in [2.05, 4.69) is 179 Å². The van der Waals surface area contributed by atoms with Crippen molar-refractivity contribution in [3.63, 3.8) is 0 Å². The number of hydrogen-bond donors (Lipinski definition) is 0. The van der Waals surface area contributed by atoms with Gasteiger partial charge in [0.05, 0.1) is 0 Å². The van der Waals surface area contributed by atoms with Gasteiger partial charge in [0.2, 0.25) is 0 Å². The number of carbonyl (C=O) groups excluding carboxylic acids is 3. The first-order valence-electron chi connectivity index (χ1n) is 28.6. The second-order valence-electron chi connectivity index (χ2n) is 18.1. The van der Waals surface area contributed by atoms with Crippen LogP contribution in [0.25, 0.3) is 0 Å². The Hall–Kier alpha value is -5.23. The SMILES string of the molecule is CC/C=C\C/C=C\C/C=C\C/C=C\C/C=C\CCCC(=O)OC[C@H](COC(=O)CC/C=C\C/C=C\C/C=C\C/C=C\C/C=C\CCCCC)OC(=O)CCCCC/C=C\C/C=C\C/C=C\C/C=C\CCCCC. The highest BCUT2D eigenvalue weighted by atomic mass is 16.6. The van der Waals surface area contributed by atoms with Gasteiger partial charge in [-0.15, -0.1) is 0 Å². The molecule has 0 unspecified atom stereocenters. The van der Waals surface area contributed by atoms with E-state index < -0.39 is 6.10 Å². The van der Waals surface area contributed by atoms with E-state index in [4.69, 9.17) is 14.2 Å². The number of esters is 3. The third-order valence-corrected chi connectivity index (χ3v) is 11.2. The maximum Gasteiger partial charge on any atom is 0.306 e. The summed E-state index contributed by atoms with van der Waals surface area (Å²) in [7, 11) is 0. The van der Waals surface area contributed by atoms with Crippen molar-refractivity contribution in [2.24, 2.45) is 0 Å². The van der Waals surface area contributed by atoms with Gasteiger partial charge in [-0.25, -0.2) is 0 Å². The highest BCUT2D eigenvalue weighted by Crippen LogP contribution is 2.10. The predicted octanol–water partition coefficient (Wildman–Crippen LogP) is 19.5. The van der Waals surface area contributed by atoms with Crippen molar-refractivity contribution < 1.29 is 28.6 Å². The lowest BCUT2D eigenvalue weighted by molar-refractivity contribution is -0.166. The molecule has 0 rings (SSSR count). The van der Waals surface area contributed by atoms with Crippen LogP contribution >= 0.6 is 0 Å². The molecule has 0 amide bonds. The monoisotopic (exact) mass is 1000 g/mol.